The number of hydrogen-bond donors (Lipinski definition) is 1. The number of methoxy groups -OCH3 is 1. The molecule has 0 aliphatic carbocycles. The minimum Gasteiger partial charge on any atom is -0.497 e. The van der Waals surface area contributed by atoms with E-state index >= 15 is 0 Å². The van der Waals surface area contributed by atoms with Crippen LogP contribution in [-0.2, 0) is 6.61 Å². The van der Waals surface area contributed by atoms with E-state index < -0.39 is 0 Å². The minimum absolute atomic E-state index is 0.245. The Morgan fingerprint density at radius 3 is 2.31 bits per heavy atom. The molecule has 6 nitrogen and oxygen atoms in total. The molecule has 4 aromatic rings. The number of rotatable bonds is 10. The van der Waals surface area contributed by atoms with Crippen LogP contribution in [-0.4, -0.2) is 19.6 Å². The lowest BCUT2D eigenvalue weighted by atomic mass is 10.1. The van der Waals surface area contributed by atoms with Crippen LogP contribution in [0.15, 0.2) is 91.0 Å². The van der Waals surface area contributed by atoms with Crippen molar-refractivity contribution in [3.8, 4) is 28.7 Å². The summed E-state index contributed by atoms with van der Waals surface area (Å²) < 4.78 is 23.7. The molecule has 0 aromatic heterocycles. The maximum Gasteiger partial charge on any atom is 0.255 e. The van der Waals surface area contributed by atoms with Gasteiger partial charge in [0.05, 0.1) is 17.3 Å². The predicted octanol–water partition coefficient (Wildman–Crippen LogP) is 7.32. The normalized spacial score (nSPS) is 10.4. The van der Waals surface area contributed by atoms with E-state index in [0.29, 0.717) is 53.2 Å². The Bertz CT molecular complexity index is 1310. The van der Waals surface area contributed by atoms with E-state index in [1.807, 2.05) is 55.5 Å². The smallest absolute Gasteiger partial charge is 0.255 e. The number of carbonyl (C=O) groups is 1. The Balaban J connectivity index is 1.44. The molecule has 0 heterocycles. The summed E-state index contributed by atoms with van der Waals surface area (Å²) >= 11 is 2.17. The number of hydrogen-bond acceptors (Lipinski definition) is 5. The Labute approximate surface area is 224 Å². The van der Waals surface area contributed by atoms with Crippen LogP contribution in [0.1, 0.15) is 22.8 Å². The van der Waals surface area contributed by atoms with Crippen LogP contribution in [0.5, 0.6) is 28.7 Å². The fourth-order valence-electron chi connectivity index (χ4n) is 3.44. The maximum atomic E-state index is 13.0. The van der Waals surface area contributed by atoms with Crippen LogP contribution in [0.3, 0.4) is 0 Å². The third-order valence-corrected chi connectivity index (χ3v) is 5.99. The lowest BCUT2D eigenvalue weighted by molar-refractivity contribution is 0.102. The van der Waals surface area contributed by atoms with Gasteiger partial charge >= 0.3 is 0 Å². The lowest BCUT2D eigenvalue weighted by Crippen LogP contribution is -2.13. The van der Waals surface area contributed by atoms with Crippen molar-refractivity contribution in [2.45, 2.75) is 13.5 Å². The highest BCUT2D eigenvalue weighted by Crippen LogP contribution is 2.35. The number of halogens is 1. The predicted molar refractivity (Wildman–Crippen MR) is 149 cm³/mol. The van der Waals surface area contributed by atoms with Gasteiger partial charge in [-0.15, -0.1) is 0 Å². The first-order valence-corrected chi connectivity index (χ1v) is 12.5. The monoisotopic (exact) mass is 595 g/mol. The molecule has 0 radical (unpaired) electrons. The van der Waals surface area contributed by atoms with Gasteiger partial charge in [-0.25, -0.2) is 0 Å². The molecule has 7 heteroatoms. The standard InChI is InChI=1S/C29H26INO5/c1-3-34-27-17-21(16-26(30)28(27)35-19-20-8-5-4-6-9-20)29(32)31-22-12-14-23(15-13-22)36-25-11-7-10-24(18-25)33-2/h4-18H,3,19H2,1-2H3,(H,31,32). The van der Waals surface area contributed by atoms with Gasteiger partial charge in [-0.2, -0.15) is 0 Å². The fourth-order valence-corrected chi connectivity index (χ4v) is 4.20. The van der Waals surface area contributed by atoms with E-state index in [9.17, 15) is 4.79 Å². The molecule has 1 N–H and O–H groups in total. The van der Waals surface area contributed by atoms with Crippen molar-refractivity contribution in [1.82, 2.24) is 0 Å². The van der Waals surface area contributed by atoms with Crippen LogP contribution in [0, 0.1) is 3.57 Å². The molecule has 4 rings (SSSR count). The highest BCUT2D eigenvalue weighted by atomic mass is 127. The quantitative estimate of drug-likeness (QED) is 0.195. The Morgan fingerprint density at radius 2 is 1.58 bits per heavy atom. The fraction of sp³-hybridized carbons (Fsp3) is 0.138. The van der Waals surface area contributed by atoms with E-state index in [-0.39, 0.29) is 5.91 Å². The zero-order valence-corrected chi connectivity index (χ0v) is 22.2. The van der Waals surface area contributed by atoms with Crippen molar-refractivity contribution in [1.29, 1.82) is 0 Å². The summed E-state index contributed by atoms with van der Waals surface area (Å²) in [6, 6.07) is 28.0. The maximum absolute atomic E-state index is 13.0. The summed E-state index contributed by atoms with van der Waals surface area (Å²) in [4.78, 5) is 13.0. The lowest BCUT2D eigenvalue weighted by Gasteiger charge is -2.16. The second kappa shape index (κ2) is 12.3. The first kappa shape index (κ1) is 25.4. The van der Waals surface area contributed by atoms with Gasteiger partial charge in [-0.3, -0.25) is 4.79 Å². The van der Waals surface area contributed by atoms with Crippen LogP contribution >= 0.6 is 22.6 Å². The summed E-state index contributed by atoms with van der Waals surface area (Å²) in [5.41, 5.74) is 2.18. The first-order chi connectivity index (χ1) is 17.6. The van der Waals surface area contributed by atoms with E-state index in [0.717, 1.165) is 9.13 Å². The van der Waals surface area contributed by atoms with Crippen LogP contribution in [0.25, 0.3) is 0 Å². The third kappa shape index (κ3) is 6.69. The molecule has 0 saturated carbocycles. The van der Waals surface area contributed by atoms with Crippen molar-refractivity contribution in [3.05, 3.63) is 106 Å². The molecule has 0 aliphatic rings. The SMILES string of the molecule is CCOc1cc(C(=O)Nc2ccc(Oc3cccc(OC)c3)cc2)cc(I)c1OCc1ccccc1. The number of nitrogens with one attached hydrogen (secondary N) is 1. The van der Waals surface area contributed by atoms with Crippen LogP contribution in [0.4, 0.5) is 5.69 Å². The number of benzene rings is 4. The van der Waals surface area contributed by atoms with E-state index in [4.69, 9.17) is 18.9 Å². The second-order valence-electron chi connectivity index (χ2n) is 7.75. The van der Waals surface area contributed by atoms with Gasteiger partial charge < -0.3 is 24.3 Å². The zero-order chi connectivity index (χ0) is 25.3. The number of ether oxygens (including phenoxy) is 4. The van der Waals surface area contributed by atoms with Gasteiger partial charge in [0.2, 0.25) is 0 Å². The van der Waals surface area contributed by atoms with Gasteiger partial charge in [0.1, 0.15) is 23.9 Å². The molecule has 0 fully saturated rings. The summed E-state index contributed by atoms with van der Waals surface area (Å²) in [5.74, 6) is 2.94. The molecule has 0 aliphatic heterocycles. The molecule has 0 spiro atoms. The Hall–Kier alpha value is -3.72. The van der Waals surface area contributed by atoms with E-state index in [1.54, 1.807) is 49.6 Å². The Kier molecular flexibility index (Phi) is 8.67. The summed E-state index contributed by atoms with van der Waals surface area (Å²) in [6.07, 6.45) is 0. The van der Waals surface area contributed by atoms with E-state index in [2.05, 4.69) is 27.9 Å². The molecule has 0 atom stereocenters. The number of carbonyl (C=O) groups excluding carboxylic acids is 1. The molecule has 4 aromatic carbocycles. The molecule has 1 amide bonds. The average Bonchev–Trinajstić information content (AvgIpc) is 2.90. The molecule has 0 bridgehead atoms. The summed E-state index contributed by atoms with van der Waals surface area (Å²) in [5, 5.41) is 2.93. The third-order valence-electron chi connectivity index (χ3n) is 5.19. The average molecular weight is 595 g/mol. The molecule has 36 heavy (non-hydrogen) atoms. The highest BCUT2D eigenvalue weighted by Gasteiger charge is 2.17. The van der Waals surface area contributed by atoms with Crippen molar-refractivity contribution < 1.29 is 23.7 Å². The topological polar surface area (TPSA) is 66.0 Å². The molecular formula is C29H26INO5. The minimum atomic E-state index is -0.245. The van der Waals surface area contributed by atoms with Crippen molar-refractivity contribution in [3.63, 3.8) is 0 Å². The van der Waals surface area contributed by atoms with Crippen molar-refractivity contribution >= 4 is 34.2 Å². The highest BCUT2D eigenvalue weighted by molar-refractivity contribution is 14.1. The largest absolute Gasteiger partial charge is 0.497 e. The zero-order valence-electron chi connectivity index (χ0n) is 20.0. The summed E-state index contributed by atoms with van der Waals surface area (Å²) in [7, 11) is 1.61. The van der Waals surface area contributed by atoms with Crippen molar-refractivity contribution in [2.24, 2.45) is 0 Å². The number of amides is 1. The number of anilines is 1. The molecule has 0 unspecified atom stereocenters. The van der Waals surface area contributed by atoms with Gasteiger partial charge in [-0.05, 0) is 83.6 Å². The van der Waals surface area contributed by atoms with Gasteiger partial charge in [-0.1, -0.05) is 36.4 Å². The van der Waals surface area contributed by atoms with Crippen LogP contribution < -0.4 is 24.3 Å². The summed E-state index contributed by atoms with van der Waals surface area (Å²) in [6.45, 7) is 2.76. The molecule has 0 saturated heterocycles. The van der Waals surface area contributed by atoms with Gasteiger partial charge in [0, 0.05) is 17.3 Å². The molecule has 184 valence electrons. The Morgan fingerprint density at radius 1 is 0.833 bits per heavy atom. The van der Waals surface area contributed by atoms with Crippen molar-refractivity contribution in [2.75, 3.05) is 19.0 Å². The second-order valence-corrected chi connectivity index (χ2v) is 8.91. The van der Waals surface area contributed by atoms with Gasteiger partial charge in [0.15, 0.2) is 11.5 Å². The molecular weight excluding hydrogens is 569 g/mol. The van der Waals surface area contributed by atoms with Gasteiger partial charge in [0.25, 0.3) is 5.91 Å². The first-order valence-electron chi connectivity index (χ1n) is 11.4. The van der Waals surface area contributed by atoms with E-state index in [1.165, 1.54) is 0 Å². The van der Waals surface area contributed by atoms with Crippen LogP contribution in [0.2, 0.25) is 0 Å².